The lowest BCUT2D eigenvalue weighted by atomic mass is 10.2. The predicted octanol–water partition coefficient (Wildman–Crippen LogP) is 2.59. The van der Waals surface area contributed by atoms with E-state index in [1.807, 2.05) is 6.92 Å². The number of aromatic nitrogens is 3. The Morgan fingerprint density at radius 1 is 1.55 bits per heavy atom. The lowest BCUT2D eigenvalue weighted by Gasteiger charge is -2.07. The number of aromatic carboxylic acids is 1. The normalized spacial score (nSPS) is 10.7. The van der Waals surface area contributed by atoms with Crippen LogP contribution in [0.2, 0.25) is 0 Å². The maximum atomic E-state index is 11.6. The highest BCUT2D eigenvalue weighted by atomic mass is 79.9. The second-order valence-corrected chi connectivity index (χ2v) is 5.85. The van der Waals surface area contributed by atoms with Gasteiger partial charge in [0.15, 0.2) is 5.16 Å². The fourth-order valence-corrected chi connectivity index (χ4v) is 3.38. The number of carboxylic acids is 1. The van der Waals surface area contributed by atoms with Crippen LogP contribution in [0.4, 0.5) is 0 Å². The maximum Gasteiger partial charge on any atom is 0.343 e. The lowest BCUT2D eigenvalue weighted by molar-refractivity contribution is 0.0692. The van der Waals surface area contributed by atoms with Gasteiger partial charge in [-0.2, -0.15) is 0 Å². The number of hydrogen-bond acceptors (Lipinski definition) is 4. The molecule has 0 aliphatic carbocycles. The van der Waals surface area contributed by atoms with E-state index in [-0.39, 0.29) is 11.3 Å². The number of aromatic amines is 1. The Hall–Kier alpha value is -1.54. The van der Waals surface area contributed by atoms with Gasteiger partial charge in [-0.3, -0.25) is 4.57 Å². The van der Waals surface area contributed by atoms with Crippen LogP contribution in [0, 0.1) is 0 Å². The van der Waals surface area contributed by atoms with Crippen LogP contribution in [-0.4, -0.2) is 25.8 Å². The van der Waals surface area contributed by atoms with E-state index in [0.29, 0.717) is 21.1 Å². The molecule has 1 aromatic carbocycles. The number of carboxylic acid groups (broad SMARTS) is 1. The van der Waals surface area contributed by atoms with E-state index in [4.69, 9.17) is 0 Å². The zero-order valence-electron chi connectivity index (χ0n) is 10.6. The Kier molecular flexibility index (Phi) is 4.66. The first-order chi connectivity index (χ1) is 9.54. The number of nitrogens with zero attached hydrogens (tertiary/aromatic N) is 2. The molecule has 20 heavy (non-hydrogen) atoms. The highest BCUT2D eigenvalue weighted by molar-refractivity contribution is 9.10. The number of nitrogens with one attached hydrogen (secondary N) is 1. The third kappa shape index (κ3) is 2.96. The number of benzene rings is 1. The van der Waals surface area contributed by atoms with Crippen LogP contribution in [0.25, 0.3) is 0 Å². The summed E-state index contributed by atoms with van der Waals surface area (Å²) in [6.07, 6.45) is 0.789. The molecule has 0 amide bonds. The Bertz CT molecular complexity index is 695. The Balaban J connectivity index is 2.43. The van der Waals surface area contributed by atoms with Crippen molar-refractivity contribution in [1.29, 1.82) is 0 Å². The van der Waals surface area contributed by atoms with Gasteiger partial charge in [0.2, 0.25) is 0 Å². The Morgan fingerprint density at radius 3 is 2.95 bits per heavy atom. The van der Waals surface area contributed by atoms with Crippen molar-refractivity contribution < 1.29 is 9.90 Å². The first kappa shape index (κ1) is 14.9. The van der Waals surface area contributed by atoms with Crippen LogP contribution >= 0.6 is 27.7 Å². The second kappa shape index (κ2) is 6.27. The number of carbonyl (C=O) groups is 1. The van der Waals surface area contributed by atoms with Crippen molar-refractivity contribution >= 4 is 33.7 Å². The van der Waals surface area contributed by atoms with E-state index in [0.717, 1.165) is 18.2 Å². The molecule has 2 aromatic rings. The fourth-order valence-electron chi connectivity index (χ4n) is 1.70. The van der Waals surface area contributed by atoms with Crippen LogP contribution in [0.1, 0.15) is 23.7 Å². The largest absolute Gasteiger partial charge is 0.478 e. The first-order valence-electron chi connectivity index (χ1n) is 5.89. The minimum absolute atomic E-state index is 0.163. The van der Waals surface area contributed by atoms with Gasteiger partial charge in [0, 0.05) is 15.9 Å². The highest BCUT2D eigenvalue weighted by Gasteiger charge is 2.17. The van der Waals surface area contributed by atoms with E-state index in [2.05, 4.69) is 26.1 Å². The van der Waals surface area contributed by atoms with Gasteiger partial charge in [-0.1, -0.05) is 13.0 Å². The molecule has 0 fully saturated rings. The number of rotatable bonds is 5. The molecule has 8 heteroatoms. The zero-order chi connectivity index (χ0) is 14.7. The molecule has 1 heterocycles. The van der Waals surface area contributed by atoms with Crippen LogP contribution in [0.15, 0.2) is 37.5 Å². The van der Waals surface area contributed by atoms with Crippen molar-refractivity contribution in [2.75, 3.05) is 0 Å². The third-order valence-electron chi connectivity index (χ3n) is 2.56. The summed E-state index contributed by atoms with van der Waals surface area (Å²) < 4.78 is 1.99. The fraction of sp³-hybridized carbons (Fsp3) is 0.250. The highest BCUT2D eigenvalue weighted by Crippen LogP contribution is 2.32. The molecule has 0 spiro atoms. The van der Waals surface area contributed by atoms with Crippen molar-refractivity contribution in [2.45, 2.75) is 29.9 Å². The molecule has 1 aromatic heterocycles. The van der Waals surface area contributed by atoms with Gasteiger partial charge in [0.25, 0.3) is 0 Å². The second-order valence-electron chi connectivity index (χ2n) is 3.98. The summed E-state index contributed by atoms with van der Waals surface area (Å²) in [5, 5.41) is 16.0. The number of H-pyrrole nitrogens is 1. The van der Waals surface area contributed by atoms with Crippen LogP contribution < -0.4 is 5.69 Å². The molecule has 2 rings (SSSR count). The Morgan fingerprint density at radius 2 is 2.30 bits per heavy atom. The third-order valence-corrected chi connectivity index (χ3v) is 4.28. The van der Waals surface area contributed by atoms with Crippen molar-refractivity contribution in [3.63, 3.8) is 0 Å². The van der Waals surface area contributed by atoms with E-state index < -0.39 is 5.97 Å². The molecule has 0 aliphatic heterocycles. The molecular formula is C12H12BrN3O3S. The molecule has 0 saturated heterocycles. The minimum Gasteiger partial charge on any atom is -0.478 e. The lowest BCUT2D eigenvalue weighted by Crippen LogP contribution is -2.17. The van der Waals surface area contributed by atoms with Gasteiger partial charge in [0.1, 0.15) is 0 Å². The summed E-state index contributed by atoms with van der Waals surface area (Å²) in [7, 11) is 0. The molecule has 6 nitrogen and oxygen atoms in total. The predicted molar refractivity (Wildman–Crippen MR) is 78.4 cm³/mol. The van der Waals surface area contributed by atoms with E-state index in [1.165, 1.54) is 4.57 Å². The molecule has 0 saturated carbocycles. The molecular weight excluding hydrogens is 346 g/mol. The molecule has 106 valence electrons. The van der Waals surface area contributed by atoms with Crippen molar-refractivity contribution in [3.8, 4) is 0 Å². The monoisotopic (exact) mass is 357 g/mol. The molecule has 2 N–H and O–H groups in total. The first-order valence-corrected chi connectivity index (χ1v) is 7.50. The van der Waals surface area contributed by atoms with Gasteiger partial charge >= 0.3 is 11.7 Å². The van der Waals surface area contributed by atoms with Gasteiger partial charge < -0.3 is 5.11 Å². The number of hydrogen-bond donors (Lipinski definition) is 2. The van der Waals surface area contributed by atoms with Gasteiger partial charge in [0.05, 0.1) is 5.56 Å². The van der Waals surface area contributed by atoms with E-state index in [1.54, 1.807) is 18.2 Å². The van der Waals surface area contributed by atoms with Gasteiger partial charge in [-0.25, -0.2) is 14.7 Å². The molecule has 0 unspecified atom stereocenters. The summed E-state index contributed by atoms with van der Waals surface area (Å²) in [5.41, 5.74) is -0.128. The Labute approximate surface area is 127 Å². The van der Waals surface area contributed by atoms with E-state index >= 15 is 0 Å². The number of halogens is 1. The molecule has 0 aliphatic rings. The summed E-state index contributed by atoms with van der Waals surface area (Å²) >= 11 is 4.38. The van der Waals surface area contributed by atoms with Crippen LogP contribution in [-0.2, 0) is 6.54 Å². The van der Waals surface area contributed by atoms with Crippen LogP contribution in [0.3, 0.4) is 0 Å². The molecule has 0 bridgehead atoms. The SMILES string of the molecule is CCCn1c(Sc2cccc(Br)c2C(=O)O)n[nH]c1=O. The quantitative estimate of drug-likeness (QED) is 0.858. The van der Waals surface area contributed by atoms with Gasteiger partial charge in [-0.05, 0) is 46.2 Å². The standard InChI is InChI=1S/C12H12BrN3O3S/c1-2-6-16-11(19)14-15-12(16)20-8-5-3-4-7(13)9(8)10(17)18/h3-5H,2,6H2,1H3,(H,14,19)(H,17,18). The average Bonchev–Trinajstić information content (AvgIpc) is 2.72. The van der Waals surface area contributed by atoms with Crippen LogP contribution in [0.5, 0.6) is 0 Å². The summed E-state index contributed by atoms with van der Waals surface area (Å²) in [6, 6.07) is 5.10. The van der Waals surface area contributed by atoms with Crippen molar-refractivity contribution in [2.24, 2.45) is 0 Å². The minimum atomic E-state index is -1.03. The van der Waals surface area contributed by atoms with Crippen molar-refractivity contribution in [3.05, 3.63) is 38.7 Å². The topological polar surface area (TPSA) is 88.0 Å². The van der Waals surface area contributed by atoms with Crippen molar-refractivity contribution in [1.82, 2.24) is 14.8 Å². The van der Waals surface area contributed by atoms with Gasteiger partial charge in [-0.15, -0.1) is 5.10 Å². The molecule has 0 atom stereocenters. The summed E-state index contributed by atoms with van der Waals surface area (Å²) in [5.74, 6) is -1.03. The summed E-state index contributed by atoms with van der Waals surface area (Å²) in [6.45, 7) is 2.49. The average molecular weight is 358 g/mol. The van der Waals surface area contributed by atoms with E-state index in [9.17, 15) is 14.7 Å². The zero-order valence-corrected chi connectivity index (χ0v) is 13.0. The smallest absolute Gasteiger partial charge is 0.343 e. The summed E-state index contributed by atoms with van der Waals surface area (Å²) in [4.78, 5) is 23.5. The molecule has 0 radical (unpaired) electrons. The maximum absolute atomic E-state index is 11.6.